The van der Waals surface area contributed by atoms with Crippen molar-refractivity contribution in [2.75, 3.05) is 0 Å². The first kappa shape index (κ1) is 22.3. The Morgan fingerprint density at radius 3 is 1.96 bits per heavy atom. The zero-order valence-electron chi connectivity index (χ0n) is 16.5. The van der Waals surface area contributed by atoms with E-state index < -0.39 is 47.7 Å². The second-order valence-electron chi connectivity index (χ2n) is 8.41. The smallest absolute Gasteiger partial charge is 0.335 e. The predicted molar refractivity (Wildman–Crippen MR) is 92.4 cm³/mol. The van der Waals surface area contributed by atoms with Crippen LogP contribution in [0.3, 0.4) is 0 Å². The molecule has 1 rings (SSSR count). The van der Waals surface area contributed by atoms with Crippen molar-refractivity contribution in [3.8, 4) is 0 Å². The number of carboxylic acids is 1. The van der Waals surface area contributed by atoms with Crippen LogP contribution in [0.5, 0.6) is 0 Å². The average Bonchev–Trinajstić information content (AvgIpc) is 2.41. The van der Waals surface area contributed by atoms with Crippen molar-refractivity contribution in [3.05, 3.63) is 0 Å². The highest BCUT2D eigenvalue weighted by atomic mass is 16.6. The minimum absolute atomic E-state index is 0.0738. The van der Waals surface area contributed by atoms with E-state index in [4.69, 9.17) is 14.2 Å². The maximum Gasteiger partial charge on any atom is 0.335 e. The zero-order chi connectivity index (χ0) is 19.7. The third kappa shape index (κ3) is 5.14. The summed E-state index contributed by atoms with van der Waals surface area (Å²) in [7, 11) is 0. The molecule has 0 aliphatic carbocycles. The Balaban J connectivity index is 3.12. The molecule has 0 aromatic heterocycles. The molecule has 148 valence electrons. The van der Waals surface area contributed by atoms with Crippen LogP contribution in [0, 0.1) is 5.92 Å². The van der Waals surface area contributed by atoms with Gasteiger partial charge in [0.15, 0.2) is 6.10 Å². The Kier molecular flexibility index (Phi) is 7.03. The van der Waals surface area contributed by atoms with Gasteiger partial charge in [-0.25, -0.2) is 4.79 Å². The van der Waals surface area contributed by atoms with Crippen LogP contribution in [0.25, 0.3) is 0 Å². The molecule has 0 saturated carbocycles. The molecule has 0 spiro atoms. The first-order valence-corrected chi connectivity index (χ1v) is 8.80. The molecular formula is C18H34O7. The largest absolute Gasteiger partial charge is 0.479 e. The van der Waals surface area contributed by atoms with Crippen LogP contribution in [-0.4, -0.2) is 69.1 Å². The van der Waals surface area contributed by atoms with Gasteiger partial charge in [0.25, 0.3) is 0 Å². The molecule has 0 bridgehead atoms. The standard InChI is InChI=1S/C18H34O7/c1-9(2)17(5,6)25-13-11(19)12(20)15(23-14(13)16(21)22)18(7,8)24-10(3)4/h9-15,19-20H,1-8H3,(H,21,22)/t11-,12+,13+,14-,15-/m1/s1. The number of aliphatic hydroxyl groups excluding tert-OH is 2. The highest BCUT2D eigenvalue weighted by Gasteiger charge is 2.54. The second-order valence-corrected chi connectivity index (χ2v) is 8.41. The molecule has 0 aromatic carbocycles. The number of aliphatic carboxylic acids is 1. The summed E-state index contributed by atoms with van der Waals surface area (Å²) in [6, 6.07) is 0. The molecule has 1 fully saturated rings. The Bertz CT molecular complexity index is 458. The highest BCUT2D eigenvalue weighted by molar-refractivity contribution is 5.73. The molecule has 0 amide bonds. The summed E-state index contributed by atoms with van der Waals surface area (Å²) in [4.78, 5) is 11.7. The summed E-state index contributed by atoms with van der Waals surface area (Å²) in [5.74, 6) is -1.18. The zero-order valence-corrected chi connectivity index (χ0v) is 16.5. The lowest BCUT2D eigenvalue weighted by Gasteiger charge is -2.49. The Labute approximate surface area is 150 Å². The summed E-state index contributed by atoms with van der Waals surface area (Å²) in [5, 5.41) is 30.7. The highest BCUT2D eigenvalue weighted by Crippen LogP contribution is 2.35. The Hall–Kier alpha value is -0.730. The van der Waals surface area contributed by atoms with Gasteiger partial charge >= 0.3 is 5.97 Å². The molecule has 3 N–H and O–H groups in total. The number of ether oxygens (including phenoxy) is 3. The van der Waals surface area contributed by atoms with Gasteiger partial charge in [0.05, 0.1) is 17.3 Å². The van der Waals surface area contributed by atoms with Crippen LogP contribution in [0.1, 0.15) is 55.4 Å². The number of aliphatic hydroxyl groups is 2. The summed E-state index contributed by atoms with van der Waals surface area (Å²) < 4.78 is 17.3. The fourth-order valence-electron chi connectivity index (χ4n) is 2.94. The molecule has 5 atom stereocenters. The van der Waals surface area contributed by atoms with Crippen LogP contribution in [0.4, 0.5) is 0 Å². The summed E-state index contributed by atoms with van der Waals surface area (Å²) in [6.45, 7) is 14.6. The van der Waals surface area contributed by atoms with Gasteiger partial charge in [-0.2, -0.15) is 0 Å². The van der Waals surface area contributed by atoms with E-state index in [2.05, 4.69) is 0 Å². The van der Waals surface area contributed by atoms with Crippen molar-refractivity contribution in [2.45, 2.75) is 103 Å². The van der Waals surface area contributed by atoms with Gasteiger partial charge in [-0.05, 0) is 47.5 Å². The lowest BCUT2D eigenvalue weighted by Crippen LogP contribution is -2.67. The fourth-order valence-corrected chi connectivity index (χ4v) is 2.94. The molecule has 0 radical (unpaired) electrons. The van der Waals surface area contributed by atoms with Gasteiger partial charge in [-0.3, -0.25) is 0 Å². The number of hydrogen-bond donors (Lipinski definition) is 3. The average molecular weight is 362 g/mol. The number of hydrogen-bond acceptors (Lipinski definition) is 6. The van der Waals surface area contributed by atoms with Crippen LogP contribution in [0.2, 0.25) is 0 Å². The summed E-state index contributed by atoms with van der Waals surface area (Å²) in [5.41, 5.74) is -1.68. The topological polar surface area (TPSA) is 105 Å². The first-order chi connectivity index (χ1) is 11.2. The maximum atomic E-state index is 11.7. The van der Waals surface area contributed by atoms with Crippen molar-refractivity contribution >= 4 is 5.97 Å². The van der Waals surface area contributed by atoms with E-state index in [1.54, 1.807) is 13.8 Å². The van der Waals surface area contributed by atoms with Gasteiger partial charge in [0.1, 0.15) is 24.4 Å². The molecule has 7 nitrogen and oxygen atoms in total. The number of carbonyl (C=O) groups is 1. The van der Waals surface area contributed by atoms with Crippen LogP contribution < -0.4 is 0 Å². The quantitative estimate of drug-likeness (QED) is 0.631. The normalized spacial score (nSPS) is 31.6. The monoisotopic (exact) mass is 362 g/mol. The van der Waals surface area contributed by atoms with E-state index in [-0.39, 0.29) is 12.0 Å². The summed E-state index contributed by atoms with van der Waals surface area (Å²) in [6.07, 6.45) is -6.49. The van der Waals surface area contributed by atoms with Gasteiger partial charge in [-0.15, -0.1) is 0 Å². The minimum Gasteiger partial charge on any atom is -0.479 e. The second kappa shape index (κ2) is 7.88. The van der Waals surface area contributed by atoms with E-state index in [0.29, 0.717) is 0 Å². The molecule has 1 heterocycles. The van der Waals surface area contributed by atoms with Gasteiger partial charge < -0.3 is 29.5 Å². The lowest BCUT2D eigenvalue weighted by atomic mass is 9.85. The first-order valence-electron chi connectivity index (χ1n) is 8.80. The van der Waals surface area contributed by atoms with Crippen molar-refractivity contribution in [1.29, 1.82) is 0 Å². The molecular weight excluding hydrogens is 328 g/mol. The SMILES string of the molecule is CC(C)OC(C)(C)[C@@H]1O[C@@H](C(=O)O)[C@@H](OC(C)(C)C(C)C)[C@H](O)[C@@H]1O. The molecule has 1 aliphatic rings. The number of carboxylic acid groups (broad SMARTS) is 1. The fraction of sp³-hybridized carbons (Fsp3) is 0.944. The molecule has 0 unspecified atom stereocenters. The molecule has 0 aromatic rings. The van der Waals surface area contributed by atoms with Gasteiger partial charge in [-0.1, -0.05) is 13.8 Å². The Morgan fingerprint density at radius 1 is 1.04 bits per heavy atom. The minimum atomic E-state index is -1.41. The van der Waals surface area contributed by atoms with E-state index >= 15 is 0 Å². The van der Waals surface area contributed by atoms with Gasteiger partial charge in [0, 0.05) is 0 Å². The van der Waals surface area contributed by atoms with E-state index in [0.717, 1.165) is 0 Å². The van der Waals surface area contributed by atoms with Crippen molar-refractivity contribution in [3.63, 3.8) is 0 Å². The number of rotatable bonds is 7. The van der Waals surface area contributed by atoms with Crippen molar-refractivity contribution in [1.82, 2.24) is 0 Å². The molecule has 7 heteroatoms. The molecule has 1 aliphatic heterocycles. The van der Waals surface area contributed by atoms with Crippen molar-refractivity contribution in [2.24, 2.45) is 5.92 Å². The van der Waals surface area contributed by atoms with E-state index in [1.165, 1.54) is 0 Å². The van der Waals surface area contributed by atoms with Gasteiger partial charge in [0.2, 0.25) is 0 Å². The third-order valence-electron chi connectivity index (χ3n) is 4.89. The van der Waals surface area contributed by atoms with E-state index in [9.17, 15) is 20.1 Å². The predicted octanol–water partition coefficient (Wildman–Crippen LogP) is 1.58. The van der Waals surface area contributed by atoms with Crippen molar-refractivity contribution < 1.29 is 34.3 Å². The molecule has 25 heavy (non-hydrogen) atoms. The third-order valence-corrected chi connectivity index (χ3v) is 4.89. The van der Waals surface area contributed by atoms with Crippen LogP contribution in [-0.2, 0) is 19.0 Å². The maximum absolute atomic E-state index is 11.7. The van der Waals surface area contributed by atoms with E-state index in [1.807, 2.05) is 41.5 Å². The lowest BCUT2D eigenvalue weighted by molar-refractivity contribution is -0.292. The summed E-state index contributed by atoms with van der Waals surface area (Å²) >= 11 is 0. The van der Waals surface area contributed by atoms with Crippen LogP contribution >= 0.6 is 0 Å². The molecule has 1 saturated heterocycles. The van der Waals surface area contributed by atoms with Crippen LogP contribution in [0.15, 0.2) is 0 Å². The Morgan fingerprint density at radius 2 is 1.56 bits per heavy atom.